The van der Waals surface area contributed by atoms with Crippen LogP contribution in [0.1, 0.15) is 32.3 Å². The number of nitrogens with zero attached hydrogens (tertiary/aromatic N) is 1. The normalized spacial score (nSPS) is 23.6. The molecule has 0 bridgehead atoms. The summed E-state index contributed by atoms with van der Waals surface area (Å²) in [6, 6.07) is 10.5. The van der Waals surface area contributed by atoms with Gasteiger partial charge in [0.25, 0.3) is 0 Å². The van der Waals surface area contributed by atoms with Crippen LogP contribution in [-0.4, -0.2) is 6.04 Å². The summed E-state index contributed by atoms with van der Waals surface area (Å²) >= 11 is 0. The van der Waals surface area contributed by atoms with E-state index in [1.54, 1.807) is 0 Å². The SMILES string of the molecule is CC(C)C1CC(Nc2ccccc2C#N)C1. The number of hydrogen-bond acceptors (Lipinski definition) is 2. The molecule has 0 aliphatic heterocycles. The van der Waals surface area contributed by atoms with Gasteiger partial charge in [-0.05, 0) is 36.8 Å². The molecule has 1 fully saturated rings. The highest BCUT2D eigenvalue weighted by atomic mass is 14.9. The molecule has 1 N–H and O–H groups in total. The van der Waals surface area contributed by atoms with Gasteiger partial charge < -0.3 is 5.32 Å². The first-order chi connectivity index (χ1) is 7.70. The van der Waals surface area contributed by atoms with E-state index in [0.717, 1.165) is 23.1 Å². The van der Waals surface area contributed by atoms with E-state index in [2.05, 4.69) is 25.2 Å². The summed E-state index contributed by atoms with van der Waals surface area (Å²) in [5, 5.41) is 12.4. The third kappa shape index (κ3) is 2.19. The fourth-order valence-electron chi connectivity index (χ4n) is 2.25. The molecule has 0 saturated heterocycles. The van der Waals surface area contributed by atoms with Gasteiger partial charge in [-0.3, -0.25) is 0 Å². The van der Waals surface area contributed by atoms with Gasteiger partial charge in [0.05, 0.1) is 11.3 Å². The van der Waals surface area contributed by atoms with Gasteiger partial charge in [-0.15, -0.1) is 0 Å². The van der Waals surface area contributed by atoms with E-state index >= 15 is 0 Å². The standard InChI is InChI=1S/C14H18N2/c1-10(2)12-7-13(8-12)16-14-6-4-3-5-11(14)9-15/h3-6,10,12-13,16H,7-8H2,1-2H3. The maximum absolute atomic E-state index is 8.97. The van der Waals surface area contributed by atoms with E-state index in [-0.39, 0.29) is 0 Å². The third-order valence-corrected chi connectivity index (χ3v) is 3.52. The lowest BCUT2D eigenvalue weighted by atomic mass is 9.73. The van der Waals surface area contributed by atoms with Crippen molar-refractivity contribution in [3.05, 3.63) is 29.8 Å². The van der Waals surface area contributed by atoms with Gasteiger partial charge in [0.1, 0.15) is 6.07 Å². The summed E-state index contributed by atoms with van der Waals surface area (Å²) in [6.45, 7) is 4.56. The Bertz CT molecular complexity index is 397. The molecule has 0 spiro atoms. The lowest BCUT2D eigenvalue weighted by molar-refractivity contribution is 0.212. The second kappa shape index (κ2) is 4.57. The Morgan fingerprint density at radius 2 is 2.00 bits per heavy atom. The van der Waals surface area contributed by atoms with Crippen LogP contribution >= 0.6 is 0 Å². The molecule has 84 valence electrons. The smallest absolute Gasteiger partial charge is 0.101 e. The average molecular weight is 214 g/mol. The number of nitrogens with one attached hydrogen (secondary N) is 1. The fourth-order valence-corrected chi connectivity index (χ4v) is 2.25. The van der Waals surface area contributed by atoms with Gasteiger partial charge in [-0.25, -0.2) is 0 Å². The van der Waals surface area contributed by atoms with Gasteiger partial charge in [0.15, 0.2) is 0 Å². The fraction of sp³-hybridized carbons (Fsp3) is 0.500. The zero-order valence-corrected chi connectivity index (χ0v) is 9.90. The Hall–Kier alpha value is -1.49. The van der Waals surface area contributed by atoms with Gasteiger partial charge in [0.2, 0.25) is 0 Å². The van der Waals surface area contributed by atoms with Crippen LogP contribution in [-0.2, 0) is 0 Å². The second-order valence-electron chi connectivity index (χ2n) is 4.97. The lowest BCUT2D eigenvalue weighted by Crippen LogP contribution is -2.38. The molecule has 1 aliphatic carbocycles. The largest absolute Gasteiger partial charge is 0.381 e. The molecule has 16 heavy (non-hydrogen) atoms. The number of para-hydroxylation sites is 1. The summed E-state index contributed by atoms with van der Waals surface area (Å²) in [5.41, 5.74) is 1.73. The molecule has 0 atom stereocenters. The highest BCUT2D eigenvalue weighted by Crippen LogP contribution is 2.35. The Balaban J connectivity index is 1.94. The zero-order chi connectivity index (χ0) is 11.5. The van der Waals surface area contributed by atoms with Crippen molar-refractivity contribution in [2.45, 2.75) is 32.7 Å². The van der Waals surface area contributed by atoms with E-state index < -0.39 is 0 Å². The monoisotopic (exact) mass is 214 g/mol. The minimum atomic E-state index is 0.557. The third-order valence-electron chi connectivity index (χ3n) is 3.52. The number of hydrogen-bond donors (Lipinski definition) is 1. The maximum Gasteiger partial charge on any atom is 0.101 e. The van der Waals surface area contributed by atoms with E-state index in [0.29, 0.717) is 6.04 Å². The number of anilines is 1. The quantitative estimate of drug-likeness (QED) is 0.837. The molecule has 0 aromatic heterocycles. The van der Waals surface area contributed by atoms with Crippen molar-refractivity contribution in [1.29, 1.82) is 5.26 Å². The molecule has 1 aromatic carbocycles. The average Bonchev–Trinajstić information content (AvgIpc) is 2.22. The van der Waals surface area contributed by atoms with Gasteiger partial charge in [0, 0.05) is 6.04 Å². The molecular formula is C14H18N2. The second-order valence-corrected chi connectivity index (χ2v) is 4.97. The topological polar surface area (TPSA) is 35.8 Å². The van der Waals surface area contributed by atoms with Crippen LogP contribution in [0.5, 0.6) is 0 Å². The molecule has 0 unspecified atom stereocenters. The molecule has 2 heteroatoms. The number of benzene rings is 1. The van der Waals surface area contributed by atoms with Gasteiger partial charge in [-0.1, -0.05) is 26.0 Å². The van der Waals surface area contributed by atoms with Crippen LogP contribution in [0, 0.1) is 23.2 Å². The molecule has 1 saturated carbocycles. The first-order valence-corrected chi connectivity index (χ1v) is 5.96. The minimum Gasteiger partial charge on any atom is -0.381 e. The number of nitriles is 1. The molecule has 1 aromatic rings. The Morgan fingerprint density at radius 3 is 2.62 bits per heavy atom. The molecule has 0 radical (unpaired) electrons. The molecule has 0 amide bonds. The lowest BCUT2D eigenvalue weighted by Gasteiger charge is -2.39. The summed E-state index contributed by atoms with van der Waals surface area (Å²) in [4.78, 5) is 0. The maximum atomic E-state index is 8.97. The van der Waals surface area contributed by atoms with Crippen LogP contribution in [0.4, 0.5) is 5.69 Å². The minimum absolute atomic E-state index is 0.557. The van der Waals surface area contributed by atoms with Crippen LogP contribution in [0.25, 0.3) is 0 Å². The predicted octanol–water partition coefficient (Wildman–Crippen LogP) is 3.40. The predicted molar refractivity (Wildman–Crippen MR) is 66.1 cm³/mol. The first-order valence-electron chi connectivity index (χ1n) is 5.96. The molecular weight excluding hydrogens is 196 g/mol. The van der Waals surface area contributed by atoms with Gasteiger partial charge in [-0.2, -0.15) is 5.26 Å². The van der Waals surface area contributed by atoms with E-state index in [9.17, 15) is 0 Å². The van der Waals surface area contributed by atoms with E-state index in [1.165, 1.54) is 12.8 Å². The van der Waals surface area contributed by atoms with E-state index in [4.69, 9.17) is 5.26 Å². The Labute approximate surface area is 97.3 Å². The molecule has 2 nitrogen and oxygen atoms in total. The van der Waals surface area contributed by atoms with Crippen molar-refractivity contribution >= 4 is 5.69 Å². The van der Waals surface area contributed by atoms with Crippen molar-refractivity contribution in [1.82, 2.24) is 0 Å². The molecule has 2 rings (SSSR count). The van der Waals surface area contributed by atoms with Crippen molar-refractivity contribution in [2.75, 3.05) is 5.32 Å². The van der Waals surface area contributed by atoms with E-state index in [1.807, 2.05) is 24.3 Å². The van der Waals surface area contributed by atoms with Crippen molar-refractivity contribution in [3.63, 3.8) is 0 Å². The first kappa shape index (κ1) is 11.0. The summed E-state index contributed by atoms with van der Waals surface area (Å²) in [7, 11) is 0. The summed E-state index contributed by atoms with van der Waals surface area (Å²) < 4.78 is 0. The van der Waals surface area contributed by atoms with Crippen LogP contribution in [0.2, 0.25) is 0 Å². The van der Waals surface area contributed by atoms with Gasteiger partial charge >= 0.3 is 0 Å². The highest BCUT2D eigenvalue weighted by Gasteiger charge is 2.31. The molecule has 1 aliphatic rings. The zero-order valence-electron chi connectivity index (χ0n) is 9.90. The Kier molecular flexibility index (Phi) is 3.14. The van der Waals surface area contributed by atoms with Crippen molar-refractivity contribution in [3.8, 4) is 6.07 Å². The summed E-state index contributed by atoms with van der Waals surface area (Å²) in [6.07, 6.45) is 2.47. The summed E-state index contributed by atoms with van der Waals surface area (Å²) in [5.74, 6) is 1.64. The number of rotatable bonds is 3. The van der Waals surface area contributed by atoms with Crippen LogP contribution < -0.4 is 5.32 Å². The van der Waals surface area contributed by atoms with Crippen molar-refractivity contribution in [2.24, 2.45) is 11.8 Å². The van der Waals surface area contributed by atoms with Crippen LogP contribution in [0.3, 0.4) is 0 Å². The Morgan fingerprint density at radius 1 is 1.31 bits per heavy atom. The van der Waals surface area contributed by atoms with Crippen molar-refractivity contribution < 1.29 is 0 Å². The molecule has 0 heterocycles. The van der Waals surface area contributed by atoms with Crippen LogP contribution in [0.15, 0.2) is 24.3 Å². The highest BCUT2D eigenvalue weighted by molar-refractivity contribution is 5.57.